The first-order chi connectivity index (χ1) is 30.1. The van der Waals surface area contributed by atoms with E-state index in [9.17, 15) is 71.0 Å². The normalized spacial score (nSPS) is 16.3. The molecule has 1 aliphatic heterocycles. The fourth-order valence-electron chi connectivity index (χ4n) is 7.05. The summed E-state index contributed by atoms with van der Waals surface area (Å²) < 4.78 is 4.89. The zero-order valence-electron chi connectivity index (χ0n) is 41.5. The summed E-state index contributed by atoms with van der Waals surface area (Å²) >= 11 is 0. The number of nitrogens with two attached hydrogens (primary N) is 2. The molecule has 24 heteroatoms. The van der Waals surface area contributed by atoms with Gasteiger partial charge in [0.1, 0.15) is 0 Å². The van der Waals surface area contributed by atoms with Crippen molar-refractivity contribution in [3.63, 3.8) is 0 Å². The number of rotatable bonds is 35. The lowest BCUT2D eigenvalue weighted by atomic mass is 9.96. The van der Waals surface area contributed by atoms with Crippen LogP contribution in [0.1, 0.15) is 153 Å². The van der Waals surface area contributed by atoms with Gasteiger partial charge in [-0.2, -0.15) is 0 Å². The van der Waals surface area contributed by atoms with Gasteiger partial charge in [0.25, 0.3) is 0 Å². The van der Waals surface area contributed by atoms with Crippen molar-refractivity contribution in [2.75, 3.05) is 59.0 Å². The average molecular weight is 958 g/mol. The zero-order valence-corrected chi connectivity index (χ0v) is 41.5. The number of nitrogens with zero attached hydrogens (tertiary/aromatic N) is 7. The second-order valence-electron chi connectivity index (χ2n) is 20.9. The Balaban J connectivity index is 0. The van der Waals surface area contributed by atoms with E-state index in [4.69, 9.17) is 16.2 Å². The van der Waals surface area contributed by atoms with E-state index >= 15 is 0 Å². The van der Waals surface area contributed by atoms with Crippen molar-refractivity contribution in [1.82, 2.24) is 9.80 Å². The SMILES string of the molecule is CC(C)(CC(O)CN(CCCCCCN(CC(O)CC(C)(C)[N+](=O)[O-])CC(O)CC(C)(C)[N+](=O)[O-])CC(O)CC(C)(C)[N+](=O)[O-])[N+](=O)[O-].CC(C)(CC1CO1)[N+](=O)[O-].NCCCCCCN. The minimum Gasteiger partial charge on any atom is -0.392 e. The Labute approximate surface area is 390 Å². The van der Waals surface area contributed by atoms with Gasteiger partial charge in [-0.15, -0.1) is 0 Å². The predicted molar refractivity (Wildman–Crippen MR) is 250 cm³/mol. The lowest BCUT2D eigenvalue weighted by Crippen LogP contribution is -2.45. The van der Waals surface area contributed by atoms with Crippen LogP contribution in [0, 0.1) is 50.6 Å². The monoisotopic (exact) mass is 958 g/mol. The van der Waals surface area contributed by atoms with Gasteiger partial charge in [-0.3, -0.25) is 60.4 Å². The number of unbranched alkanes of at least 4 members (excludes halogenated alkanes) is 6. The molecule has 1 heterocycles. The summed E-state index contributed by atoms with van der Waals surface area (Å²) in [6.07, 6.45) is 3.24. The molecule has 5 atom stereocenters. The third-order valence-corrected chi connectivity index (χ3v) is 11.3. The van der Waals surface area contributed by atoms with Gasteiger partial charge in [-0.1, -0.05) is 25.7 Å². The minimum atomic E-state index is -1.37. The van der Waals surface area contributed by atoms with Crippen molar-refractivity contribution in [2.24, 2.45) is 11.5 Å². The Morgan fingerprint density at radius 2 is 0.697 bits per heavy atom. The molecule has 0 radical (unpaired) electrons. The summed E-state index contributed by atoms with van der Waals surface area (Å²) in [5.41, 5.74) is 4.25. The predicted octanol–water partition coefficient (Wildman–Crippen LogP) is 3.67. The van der Waals surface area contributed by atoms with Crippen molar-refractivity contribution in [1.29, 1.82) is 0 Å². The van der Waals surface area contributed by atoms with Gasteiger partial charge in [0.15, 0.2) is 0 Å². The molecule has 66 heavy (non-hydrogen) atoms. The summed E-state index contributed by atoms with van der Waals surface area (Å²) in [4.78, 5) is 57.1. The third-order valence-electron chi connectivity index (χ3n) is 11.3. The van der Waals surface area contributed by atoms with Crippen LogP contribution in [-0.4, -0.2) is 172 Å². The largest absolute Gasteiger partial charge is 0.392 e. The van der Waals surface area contributed by atoms with Crippen LogP contribution < -0.4 is 11.5 Å². The Bertz CT molecular complexity index is 1280. The van der Waals surface area contributed by atoms with Crippen LogP contribution in [0.15, 0.2) is 0 Å². The second-order valence-corrected chi connectivity index (χ2v) is 20.9. The van der Waals surface area contributed by atoms with E-state index in [1.165, 1.54) is 68.2 Å². The van der Waals surface area contributed by atoms with Gasteiger partial charge in [0.2, 0.25) is 27.7 Å². The van der Waals surface area contributed by atoms with Crippen LogP contribution >= 0.6 is 0 Å². The van der Waals surface area contributed by atoms with E-state index < -0.39 is 71.8 Å². The molecule has 390 valence electrons. The fourth-order valence-corrected chi connectivity index (χ4v) is 7.05. The van der Waals surface area contributed by atoms with Crippen LogP contribution in [-0.2, 0) is 4.74 Å². The lowest BCUT2D eigenvalue weighted by molar-refractivity contribution is -0.563. The average Bonchev–Trinajstić information content (AvgIpc) is 3.97. The molecule has 1 aliphatic rings. The third kappa shape index (κ3) is 30.1. The molecule has 1 saturated heterocycles. The van der Waals surface area contributed by atoms with Gasteiger partial charge < -0.3 is 36.6 Å². The topological polar surface area (TPSA) is 368 Å². The molecule has 0 saturated carbocycles. The quantitative estimate of drug-likeness (QED) is 0.0228. The van der Waals surface area contributed by atoms with E-state index in [1.54, 1.807) is 23.6 Å². The zero-order chi connectivity index (χ0) is 51.7. The van der Waals surface area contributed by atoms with Gasteiger partial charge >= 0.3 is 0 Å². The van der Waals surface area contributed by atoms with Gasteiger partial charge in [-0.05, 0) is 51.9 Å². The van der Waals surface area contributed by atoms with Gasteiger partial charge in [-0.25, -0.2) is 0 Å². The number of hydrogen-bond donors (Lipinski definition) is 6. The summed E-state index contributed by atoms with van der Waals surface area (Å²) in [5, 5.41) is 98.2. The Kier molecular flexibility index (Phi) is 30.3. The van der Waals surface area contributed by atoms with E-state index in [2.05, 4.69) is 0 Å². The maximum atomic E-state index is 11.3. The smallest absolute Gasteiger partial charge is 0.219 e. The number of aliphatic hydroxyl groups is 4. The molecular formula is C42H87N9O15. The molecule has 0 bridgehead atoms. The van der Waals surface area contributed by atoms with Crippen molar-refractivity contribution < 1.29 is 49.8 Å². The Morgan fingerprint density at radius 3 is 0.894 bits per heavy atom. The first-order valence-corrected chi connectivity index (χ1v) is 23.1. The van der Waals surface area contributed by atoms with Crippen molar-refractivity contribution >= 4 is 0 Å². The van der Waals surface area contributed by atoms with Gasteiger partial charge in [0, 0.05) is 152 Å². The van der Waals surface area contributed by atoms with Crippen molar-refractivity contribution in [3.8, 4) is 0 Å². The van der Waals surface area contributed by atoms with E-state index in [0.29, 0.717) is 51.8 Å². The maximum Gasteiger partial charge on any atom is 0.219 e. The summed E-state index contributed by atoms with van der Waals surface area (Å²) in [7, 11) is 0. The second kappa shape index (κ2) is 30.9. The highest BCUT2D eigenvalue weighted by Crippen LogP contribution is 2.25. The number of aliphatic hydroxyl groups excluding tert-OH is 4. The molecule has 1 rings (SSSR count). The highest BCUT2D eigenvalue weighted by molar-refractivity contribution is 4.82. The van der Waals surface area contributed by atoms with E-state index in [0.717, 1.165) is 25.9 Å². The number of hydrogen-bond acceptors (Lipinski definition) is 19. The molecule has 5 unspecified atom stereocenters. The molecular weight excluding hydrogens is 871 g/mol. The molecule has 8 N–H and O–H groups in total. The fraction of sp³-hybridized carbons (Fsp3) is 1.00. The minimum absolute atomic E-state index is 0.0256. The number of ether oxygens (including phenoxy) is 1. The highest BCUT2D eigenvalue weighted by atomic mass is 16.6. The first-order valence-electron chi connectivity index (χ1n) is 23.1. The molecule has 24 nitrogen and oxygen atoms in total. The molecule has 0 spiro atoms. The first kappa shape index (κ1) is 64.7. The summed E-state index contributed by atoms with van der Waals surface area (Å²) in [6, 6.07) is 0. The van der Waals surface area contributed by atoms with Crippen LogP contribution in [0.2, 0.25) is 0 Å². The van der Waals surface area contributed by atoms with E-state index in [1.807, 2.05) is 0 Å². The van der Waals surface area contributed by atoms with Crippen molar-refractivity contribution in [2.45, 2.75) is 211 Å². The molecule has 0 aromatic carbocycles. The Morgan fingerprint density at radius 1 is 0.470 bits per heavy atom. The maximum absolute atomic E-state index is 11.3. The summed E-state index contributed by atoms with van der Waals surface area (Å²) in [5.74, 6) is 0. The van der Waals surface area contributed by atoms with Crippen LogP contribution in [0.25, 0.3) is 0 Å². The van der Waals surface area contributed by atoms with E-state index in [-0.39, 0.29) is 62.9 Å². The van der Waals surface area contributed by atoms with Crippen molar-refractivity contribution in [3.05, 3.63) is 50.6 Å². The number of epoxide rings is 1. The lowest BCUT2D eigenvalue weighted by Gasteiger charge is -2.30. The van der Waals surface area contributed by atoms with Crippen LogP contribution in [0.5, 0.6) is 0 Å². The molecule has 0 amide bonds. The Hall–Kier alpha value is -3.36. The van der Waals surface area contributed by atoms with Gasteiger partial charge in [0.05, 0.1) is 37.1 Å². The molecule has 1 fully saturated rings. The molecule has 0 aliphatic carbocycles. The summed E-state index contributed by atoms with van der Waals surface area (Å²) in [6.45, 7) is 17.7. The van der Waals surface area contributed by atoms with Crippen LogP contribution in [0.3, 0.4) is 0 Å². The highest BCUT2D eigenvalue weighted by Gasteiger charge is 2.40. The molecule has 0 aromatic heterocycles. The standard InChI is InChI=1S/C30H60N6O12.C6H16N2.C6H11NO3/c1-27(2,33(41)42)15-23(37)19-31(20-24(38)16-28(3,4)34(43)44)13-11-9-10-12-14-32(21-25(39)17-29(5,6)35(45)46)22-26(40)18-30(7,8)36(47)48;7-5-3-1-2-4-6-8;1-6(2,7(8)9)3-5-4-10-5/h23-26,37-40H,9-22H2,1-8H3;1-8H2;5H,3-4H2,1-2H3. The number of nitro groups is 5. The van der Waals surface area contributed by atoms with Crippen LogP contribution in [0.4, 0.5) is 0 Å². The molecule has 0 aromatic rings.